The summed E-state index contributed by atoms with van der Waals surface area (Å²) >= 11 is 0. The summed E-state index contributed by atoms with van der Waals surface area (Å²) in [7, 11) is 0. The summed E-state index contributed by atoms with van der Waals surface area (Å²) in [5.74, 6) is -2.18. The Kier molecular flexibility index (Phi) is 5.32. The lowest BCUT2D eigenvalue weighted by Crippen LogP contribution is -2.39. The van der Waals surface area contributed by atoms with Gasteiger partial charge in [0.05, 0.1) is 0 Å². The number of carbonyl (C=O) groups is 2. The molecule has 2 atom stereocenters. The fourth-order valence-corrected chi connectivity index (χ4v) is 2.05. The van der Waals surface area contributed by atoms with Gasteiger partial charge in [-0.05, 0) is 23.3 Å². The van der Waals surface area contributed by atoms with Crippen LogP contribution in [-0.4, -0.2) is 34.3 Å². The molecule has 0 aliphatic carbocycles. The molecule has 2 rings (SSSR count). The number of carboxylic acids is 2. The van der Waals surface area contributed by atoms with Crippen molar-refractivity contribution in [3.8, 4) is 16.9 Å². The molecule has 0 amide bonds. The topological polar surface area (TPSA) is 110 Å². The normalized spacial score (nSPS) is 13.1. The Morgan fingerprint density at radius 2 is 1.48 bits per heavy atom. The minimum Gasteiger partial charge on any atom is -0.480 e. The van der Waals surface area contributed by atoms with Crippen molar-refractivity contribution in [3.63, 3.8) is 0 Å². The Morgan fingerprint density at radius 1 is 0.913 bits per heavy atom. The van der Waals surface area contributed by atoms with Crippen LogP contribution in [0, 0.1) is 0 Å². The molecule has 0 spiro atoms. The summed E-state index contributed by atoms with van der Waals surface area (Å²) in [6.07, 6.45) is -1.63. The predicted molar refractivity (Wildman–Crippen MR) is 84.2 cm³/mol. The van der Waals surface area contributed by atoms with Crippen molar-refractivity contribution >= 4 is 11.9 Å². The maximum Gasteiger partial charge on any atom is 0.344 e. The van der Waals surface area contributed by atoms with Crippen molar-refractivity contribution in [2.75, 3.05) is 0 Å². The standard InChI is InChI=1S/C17H17NO5/c18-14(16(19)20)10-15(17(21)22)23-13-8-6-12(7-9-13)11-4-2-1-3-5-11/h1-9,14-15H,10,18H2,(H,19,20)(H,21,22)/t14-,15-/m0/s1. The lowest BCUT2D eigenvalue weighted by molar-refractivity contribution is -0.146. The molecule has 0 aliphatic heterocycles. The number of aliphatic carboxylic acids is 2. The second kappa shape index (κ2) is 7.42. The van der Waals surface area contributed by atoms with Gasteiger partial charge in [-0.15, -0.1) is 0 Å². The van der Waals surface area contributed by atoms with Gasteiger partial charge in [-0.2, -0.15) is 0 Å². The van der Waals surface area contributed by atoms with E-state index in [1.165, 1.54) is 0 Å². The number of nitrogens with two attached hydrogens (primary N) is 1. The van der Waals surface area contributed by atoms with E-state index in [-0.39, 0.29) is 6.42 Å². The molecule has 6 nitrogen and oxygen atoms in total. The molecule has 4 N–H and O–H groups in total. The van der Waals surface area contributed by atoms with Gasteiger partial charge < -0.3 is 20.7 Å². The lowest BCUT2D eigenvalue weighted by atomic mass is 10.1. The van der Waals surface area contributed by atoms with E-state index < -0.39 is 24.1 Å². The Hall–Kier alpha value is -2.86. The SMILES string of the molecule is N[C@@H](C[C@H](Oc1ccc(-c2ccccc2)cc1)C(=O)O)C(=O)O. The van der Waals surface area contributed by atoms with E-state index in [4.69, 9.17) is 20.7 Å². The molecular formula is C17H17NO5. The van der Waals surface area contributed by atoms with Gasteiger partial charge in [0.1, 0.15) is 11.8 Å². The van der Waals surface area contributed by atoms with Crippen molar-refractivity contribution in [1.82, 2.24) is 0 Å². The number of hydrogen-bond acceptors (Lipinski definition) is 4. The second-order valence-corrected chi connectivity index (χ2v) is 5.02. The Bertz CT molecular complexity index is 669. The molecule has 6 heteroatoms. The monoisotopic (exact) mass is 315 g/mol. The van der Waals surface area contributed by atoms with E-state index in [2.05, 4.69) is 0 Å². The zero-order valence-corrected chi connectivity index (χ0v) is 12.3. The van der Waals surface area contributed by atoms with Gasteiger partial charge in [0.25, 0.3) is 0 Å². The van der Waals surface area contributed by atoms with Crippen LogP contribution in [-0.2, 0) is 9.59 Å². The third kappa shape index (κ3) is 4.55. The molecule has 2 aromatic rings. The fraction of sp³-hybridized carbons (Fsp3) is 0.176. The first-order valence-electron chi connectivity index (χ1n) is 7.00. The molecule has 0 unspecified atom stereocenters. The lowest BCUT2D eigenvalue weighted by Gasteiger charge is -2.17. The zero-order valence-electron chi connectivity index (χ0n) is 12.3. The first-order valence-corrected chi connectivity index (χ1v) is 7.00. The Labute approximate surface area is 133 Å². The zero-order chi connectivity index (χ0) is 16.8. The van der Waals surface area contributed by atoms with Crippen LogP contribution in [0.15, 0.2) is 54.6 Å². The predicted octanol–water partition coefficient (Wildman–Crippen LogP) is 1.99. The Morgan fingerprint density at radius 3 is 2.00 bits per heavy atom. The van der Waals surface area contributed by atoms with Crippen molar-refractivity contribution in [2.24, 2.45) is 5.73 Å². The number of hydrogen-bond donors (Lipinski definition) is 3. The van der Waals surface area contributed by atoms with Crippen LogP contribution in [0.3, 0.4) is 0 Å². The van der Waals surface area contributed by atoms with Gasteiger partial charge in [0.2, 0.25) is 0 Å². The number of ether oxygens (including phenoxy) is 1. The quantitative estimate of drug-likeness (QED) is 0.720. The molecule has 0 bridgehead atoms. The molecule has 0 fully saturated rings. The van der Waals surface area contributed by atoms with E-state index in [1.54, 1.807) is 24.3 Å². The molecular weight excluding hydrogens is 298 g/mol. The van der Waals surface area contributed by atoms with Crippen LogP contribution >= 0.6 is 0 Å². The molecule has 23 heavy (non-hydrogen) atoms. The van der Waals surface area contributed by atoms with E-state index in [0.717, 1.165) is 11.1 Å². The highest BCUT2D eigenvalue weighted by atomic mass is 16.5. The van der Waals surface area contributed by atoms with Crippen molar-refractivity contribution < 1.29 is 24.5 Å². The number of carboxylic acid groups (broad SMARTS) is 2. The van der Waals surface area contributed by atoms with E-state index in [9.17, 15) is 9.59 Å². The molecule has 0 saturated carbocycles. The molecule has 0 aliphatic rings. The smallest absolute Gasteiger partial charge is 0.344 e. The average molecular weight is 315 g/mol. The summed E-state index contributed by atoms with van der Waals surface area (Å²) < 4.78 is 5.34. The first-order chi connectivity index (χ1) is 11.0. The molecule has 2 aromatic carbocycles. The summed E-state index contributed by atoms with van der Waals surface area (Å²) in [5.41, 5.74) is 7.36. The highest BCUT2D eigenvalue weighted by Crippen LogP contribution is 2.23. The van der Waals surface area contributed by atoms with Crippen molar-refractivity contribution in [3.05, 3.63) is 54.6 Å². The van der Waals surface area contributed by atoms with Crippen LogP contribution in [0.5, 0.6) is 5.75 Å². The number of benzene rings is 2. The molecule has 0 radical (unpaired) electrons. The van der Waals surface area contributed by atoms with Gasteiger partial charge in [-0.3, -0.25) is 4.79 Å². The van der Waals surface area contributed by atoms with E-state index in [0.29, 0.717) is 5.75 Å². The molecule has 120 valence electrons. The summed E-state index contributed by atoms with van der Waals surface area (Å²) in [5, 5.41) is 17.9. The third-order valence-electron chi connectivity index (χ3n) is 3.30. The van der Waals surface area contributed by atoms with E-state index >= 15 is 0 Å². The van der Waals surface area contributed by atoms with Gasteiger partial charge in [-0.1, -0.05) is 42.5 Å². The highest BCUT2D eigenvalue weighted by molar-refractivity contribution is 5.77. The van der Waals surface area contributed by atoms with Crippen molar-refractivity contribution in [1.29, 1.82) is 0 Å². The van der Waals surface area contributed by atoms with Gasteiger partial charge in [0, 0.05) is 6.42 Å². The Balaban J connectivity index is 2.09. The molecule has 0 saturated heterocycles. The van der Waals surface area contributed by atoms with Crippen LogP contribution in [0.1, 0.15) is 6.42 Å². The average Bonchev–Trinajstić information content (AvgIpc) is 2.55. The minimum atomic E-state index is -1.32. The largest absolute Gasteiger partial charge is 0.480 e. The van der Waals surface area contributed by atoms with E-state index in [1.807, 2.05) is 30.3 Å². The maximum absolute atomic E-state index is 11.2. The van der Waals surface area contributed by atoms with Crippen molar-refractivity contribution in [2.45, 2.75) is 18.6 Å². The summed E-state index contributed by atoms with van der Waals surface area (Å²) in [6.45, 7) is 0. The fourth-order valence-electron chi connectivity index (χ4n) is 2.05. The van der Waals surface area contributed by atoms with Crippen LogP contribution in [0.4, 0.5) is 0 Å². The van der Waals surface area contributed by atoms with Crippen LogP contribution < -0.4 is 10.5 Å². The van der Waals surface area contributed by atoms with Crippen LogP contribution in [0.25, 0.3) is 11.1 Å². The van der Waals surface area contributed by atoms with Gasteiger partial charge in [-0.25, -0.2) is 4.79 Å². The first kappa shape index (κ1) is 16.5. The highest BCUT2D eigenvalue weighted by Gasteiger charge is 2.26. The molecule has 0 aromatic heterocycles. The second-order valence-electron chi connectivity index (χ2n) is 5.02. The van der Waals surface area contributed by atoms with Gasteiger partial charge >= 0.3 is 11.9 Å². The third-order valence-corrected chi connectivity index (χ3v) is 3.30. The summed E-state index contributed by atoms with van der Waals surface area (Å²) in [4.78, 5) is 21.9. The molecule has 0 heterocycles. The minimum absolute atomic E-state index is 0.314. The van der Waals surface area contributed by atoms with Gasteiger partial charge in [0.15, 0.2) is 6.10 Å². The maximum atomic E-state index is 11.2. The summed E-state index contributed by atoms with van der Waals surface area (Å²) in [6, 6.07) is 15.3. The number of rotatable bonds is 7. The van der Waals surface area contributed by atoms with Crippen LogP contribution in [0.2, 0.25) is 0 Å².